The molecule has 0 unspecified atom stereocenters. The lowest BCUT2D eigenvalue weighted by Gasteiger charge is -2.19. The largest absolute Gasteiger partial charge is 0.497 e. The van der Waals surface area contributed by atoms with Gasteiger partial charge >= 0.3 is 6.09 Å². The second-order valence-electron chi connectivity index (χ2n) is 5.81. The number of methoxy groups -OCH3 is 1. The van der Waals surface area contributed by atoms with E-state index in [-0.39, 0.29) is 12.5 Å². The molecule has 1 rings (SSSR count). The quantitative estimate of drug-likeness (QED) is 0.841. The second-order valence-corrected chi connectivity index (χ2v) is 5.81. The minimum Gasteiger partial charge on any atom is -0.497 e. The molecule has 1 aromatic rings. The van der Waals surface area contributed by atoms with Gasteiger partial charge in [-0.2, -0.15) is 0 Å². The van der Waals surface area contributed by atoms with Crippen molar-refractivity contribution in [3.05, 3.63) is 29.8 Å². The fourth-order valence-corrected chi connectivity index (χ4v) is 1.70. The van der Waals surface area contributed by atoms with Crippen molar-refractivity contribution in [3.63, 3.8) is 0 Å². The lowest BCUT2D eigenvalue weighted by Crippen LogP contribution is -2.40. The van der Waals surface area contributed by atoms with E-state index < -0.39 is 11.7 Å². The number of hydrogen-bond donors (Lipinski definition) is 2. The highest BCUT2D eigenvalue weighted by Gasteiger charge is 2.16. The number of alkyl carbamates (subject to hydrolysis) is 1. The summed E-state index contributed by atoms with van der Waals surface area (Å²) in [5.41, 5.74) is 0.493. The van der Waals surface area contributed by atoms with Crippen LogP contribution in [0.1, 0.15) is 26.3 Å². The number of benzene rings is 1. The summed E-state index contributed by atoms with van der Waals surface area (Å²) >= 11 is 0. The van der Waals surface area contributed by atoms with Crippen LogP contribution in [0, 0.1) is 0 Å². The molecular formula is C16H24N2O4. The Labute approximate surface area is 131 Å². The van der Waals surface area contributed by atoms with Crippen LogP contribution in [-0.4, -0.2) is 37.8 Å². The zero-order valence-corrected chi connectivity index (χ0v) is 13.6. The van der Waals surface area contributed by atoms with Gasteiger partial charge in [-0.1, -0.05) is 12.1 Å². The molecule has 6 nitrogen and oxygen atoms in total. The maximum Gasteiger partial charge on any atom is 0.408 e. The Morgan fingerprint density at radius 3 is 2.55 bits per heavy atom. The van der Waals surface area contributed by atoms with Crippen LogP contribution in [0.4, 0.5) is 4.79 Å². The summed E-state index contributed by atoms with van der Waals surface area (Å²) in [6.45, 7) is 5.68. The molecule has 0 aliphatic carbocycles. The Morgan fingerprint density at radius 2 is 1.91 bits per heavy atom. The lowest BCUT2D eigenvalue weighted by atomic mass is 10.1. The zero-order chi connectivity index (χ0) is 16.6. The van der Waals surface area contributed by atoms with Crippen LogP contribution in [0.3, 0.4) is 0 Å². The SMILES string of the molecule is COc1cccc(CCNC(=O)CNC(=O)OC(C)(C)C)c1. The van der Waals surface area contributed by atoms with Crippen LogP contribution in [0.2, 0.25) is 0 Å². The molecule has 6 heteroatoms. The van der Waals surface area contributed by atoms with Crippen LogP contribution >= 0.6 is 0 Å². The Bertz CT molecular complexity index is 509. The van der Waals surface area contributed by atoms with Gasteiger partial charge in [0.15, 0.2) is 0 Å². The molecular weight excluding hydrogens is 284 g/mol. The van der Waals surface area contributed by atoms with E-state index in [1.807, 2.05) is 24.3 Å². The molecule has 2 N–H and O–H groups in total. The summed E-state index contributed by atoms with van der Waals surface area (Å²) in [5, 5.41) is 5.15. The Morgan fingerprint density at radius 1 is 1.18 bits per heavy atom. The number of carbonyl (C=O) groups excluding carboxylic acids is 2. The first-order valence-corrected chi connectivity index (χ1v) is 7.16. The first-order valence-electron chi connectivity index (χ1n) is 7.16. The molecule has 22 heavy (non-hydrogen) atoms. The van der Waals surface area contributed by atoms with Gasteiger partial charge in [0, 0.05) is 6.54 Å². The summed E-state index contributed by atoms with van der Waals surface area (Å²) in [4.78, 5) is 23.0. The monoisotopic (exact) mass is 308 g/mol. The molecule has 122 valence electrons. The molecule has 0 fully saturated rings. The molecule has 0 heterocycles. The Hall–Kier alpha value is -2.24. The minimum absolute atomic E-state index is 0.104. The predicted octanol–water partition coefficient (Wildman–Crippen LogP) is 1.88. The first-order chi connectivity index (χ1) is 10.3. The van der Waals surface area contributed by atoms with E-state index in [1.165, 1.54) is 0 Å². The van der Waals surface area contributed by atoms with Crippen molar-refractivity contribution >= 4 is 12.0 Å². The molecule has 0 spiro atoms. The highest BCUT2D eigenvalue weighted by atomic mass is 16.6. The van der Waals surface area contributed by atoms with Crippen molar-refractivity contribution in [2.75, 3.05) is 20.2 Å². The predicted molar refractivity (Wildman–Crippen MR) is 83.9 cm³/mol. The van der Waals surface area contributed by atoms with Gasteiger partial charge in [-0.3, -0.25) is 4.79 Å². The minimum atomic E-state index is -0.601. The maximum atomic E-state index is 11.6. The molecule has 1 aromatic carbocycles. The molecule has 0 radical (unpaired) electrons. The van der Waals surface area contributed by atoms with Crippen molar-refractivity contribution in [2.24, 2.45) is 0 Å². The summed E-state index contributed by atoms with van der Waals surface area (Å²) in [6, 6.07) is 7.66. The number of amides is 2. The van der Waals surface area contributed by atoms with Crippen LogP contribution in [-0.2, 0) is 16.0 Å². The van der Waals surface area contributed by atoms with Crippen molar-refractivity contribution in [3.8, 4) is 5.75 Å². The number of carbonyl (C=O) groups is 2. The average Bonchev–Trinajstić information content (AvgIpc) is 2.43. The van der Waals surface area contributed by atoms with E-state index in [9.17, 15) is 9.59 Å². The van der Waals surface area contributed by atoms with Gasteiger partial charge in [-0.05, 0) is 44.9 Å². The third kappa shape index (κ3) is 7.52. The molecule has 0 aliphatic heterocycles. The lowest BCUT2D eigenvalue weighted by molar-refractivity contribution is -0.120. The van der Waals surface area contributed by atoms with Crippen molar-refractivity contribution in [1.82, 2.24) is 10.6 Å². The van der Waals surface area contributed by atoms with Crippen LogP contribution < -0.4 is 15.4 Å². The summed E-state index contributed by atoms with van der Waals surface area (Å²) < 4.78 is 10.2. The highest BCUT2D eigenvalue weighted by molar-refractivity contribution is 5.82. The topological polar surface area (TPSA) is 76.7 Å². The van der Waals surface area contributed by atoms with Crippen LogP contribution in [0.25, 0.3) is 0 Å². The fourth-order valence-electron chi connectivity index (χ4n) is 1.70. The smallest absolute Gasteiger partial charge is 0.408 e. The van der Waals surface area contributed by atoms with E-state index >= 15 is 0 Å². The van der Waals surface area contributed by atoms with E-state index in [1.54, 1.807) is 27.9 Å². The second kappa shape index (κ2) is 8.26. The molecule has 0 aliphatic rings. The third-order valence-electron chi connectivity index (χ3n) is 2.66. The molecule has 0 aromatic heterocycles. The Kier molecular flexibility index (Phi) is 6.69. The normalized spacial score (nSPS) is 10.7. The number of rotatable bonds is 6. The first kappa shape index (κ1) is 17.8. The van der Waals surface area contributed by atoms with E-state index in [0.29, 0.717) is 13.0 Å². The van der Waals surface area contributed by atoms with Gasteiger partial charge in [0.25, 0.3) is 0 Å². The number of nitrogens with one attached hydrogen (secondary N) is 2. The Balaban J connectivity index is 2.24. The van der Waals surface area contributed by atoms with Gasteiger partial charge in [0.1, 0.15) is 11.4 Å². The highest BCUT2D eigenvalue weighted by Crippen LogP contribution is 2.12. The summed E-state index contributed by atoms with van der Waals surface area (Å²) in [5.74, 6) is 0.532. The van der Waals surface area contributed by atoms with E-state index in [0.717, 1.165) is 11.3 Å². The van der Waals surface area contributed by atoms with Crippen LogP contribution in [0.15, 0.2) is 24.3 Å². The molecule has 2 amide bonds. The van der Waals surface area contributed by atoms with Crippen molar-refractivity contribution in [2.45, 2.75) is 32.8 Å². The van der Waals surface area contributed by atoms with Crippen LogP contribution in [0.5, 0.6) is 5.75 Å². The summed E-state index contributed by atoms with van der Waals surface area (Å²) in [6.07, 6.45) is 0.0884. The maximum absolute atomic E-state index is 11.6. The van der Waals surface area contributed by atoms with Crippen molar-refractivity contribution in [1.29, 1.82) is 0 Å². The van der Waals surface area contributed by atoms with E-state index in [2.05, 4.69) is 10.6 Å². The van der Waals surface area contributed by atoms with Gasteiger partial charge in [0.2, 0.25) is 5.91 Å². The zero-order valence-electron chi connectivity index (χ0n) is 13.6. The summed E-state index contributed by atoms with van der Waals surface area (Å²) in [7, 11) is 1.61. The standard InChI is InChI=1S/C16H24N2O4/c1-16(2,3)22-15(20)18-11-14(19)17-9-8-12-6-5-7-13(10-12)21-4/h5-7,10H,8-9,11H2,1-4H3,(H,17,19)(H,18,20). The fraction of sp³-hybridized carbons (Fsp3) is 0.500. The molecule has 0 bridgehead atoms. The van der Waals surface area contributed by atoms with Gasteiger partial charge in [-0.25, -0.2) is 4.79 Å². The van der Waals surface area contributed by atoms with Gasteiger partial charge < -0.3 is 20.1 Å². The third-order valence-corrected chi connectivity index (χ3v) is 2.66. The van der Waals surface area contributed by atoms with E-state index in [4.69, 9.17) is 9.47 Å². The number of hydrogen-bond acceptors (Lipinski definition) is 4. The molecule has 0 atom stereocenters. The van der Waals surface area contributed by atoms with Gasteiger partial charge in [0.05, 0.1) is 13.7 Å². The average molecular weight is 308 g/mol. The molecule has 0 saturated carbocycles. The van der Waals surface area contributed by atoms with Crippen molar-refractivity contribution < 1.29 is 19.1 Å². The molecule has 0 saturated heterocycles. The number of ether oxygens (including phenoxy) is 2. The van der Waals surface area contributed by atoms with Gasteiger partial charge in [-0.15, -0.1) is 0 Å².